The number of carbonyl (C=O) groups excluding carboxylic acids is 2. The molecule has 4 rings (SSSR count). The third kappa shape index (κ3) is 2.54. The summed E-state index contributed by atoms with van der Waals surface area (Å²) in [6, 6.07) is 0. The molecule has 0 spiro atoms. The van der Waals surface area contributed by atoms with Crippen LogP contribution in [0.1, 0.15) is 41.2 Å². The smallest absolute Gasteiger partial charge is 0.273 e. The summed E-state index contributed by atoms with van der Waals surface area (Å²) in [6.45, 7) is 5.29. The summed E-state index contributed by atoms with van der Waals surface area (Å²) in [5.74, 6) is 0.132. The van der Waals surface area contributed by atoms with Gasteiger partial charge in [0.05, 0.1) is 16.5 Å². The highest BCUT2D eigenvalue weighted by Crippen LogP contribution is 2.43. The molecule has 3 fully saturated rings. The molecule has 1 aromatic rings. The lowest BCUT2D eigenvalue weighted by Gasteiger charge is -2.43. The lowest BCUT2D eigenvalue weighted by atomic mass is 9.75. The maximum Gasteiger partial charge on any atom is 0.273 e. The van der Waals surface area contributed by atoms with Gasteiger partial charge in [-0.2, -0.15) is 0 Å². The second kappa shape index (κ2) is 6.11. The lowest BCUT2D eigenvalue weighted by molar-refractivity contribution is -0.148. The molecule has 2 atom stereocenters. The number of amides is 2. The van der Waals surface area contributed by atoms with Crippen LogP contribution >= 0.6 is 11.3 Å². The second-order valence-electron chi connectivity index (χ2n) is 7.03. The van der Waals surface area contributed by atoms with Crippen molar-refractivity contribution < 1.29 is 14.3 Å². The number of carbonyl (C=O) groups is 2. The molecule has 0 radical (unpaired) electrons. The average Bonchev–Trinajstić information content (AvgIpc) is 3.33. The zero-order valence-corrected chi connectivity index (χ0v) is 14.8. The number of hydrogen-bond donors (Lipinski definition) is 0. The fourth-order valence-corrected chi connectivity index (χ4v) is 4.87. The van der Waals surface area contributed by atoms with Crippen LogP contribution in [0.15, 0.2) is 5.38 Å². The molecular formula is C17H23N3O3S. The highest BCUT2D eigenvalue weighted by atomic mass is 32.1. The average molecular weight is 349 g/mol. The fraction of sp³-hybridized carbons (Fsp3) is 0.706. The van der Waals surface area contributed by atoms with Crippen LogP contribution in [0.3, 0.4) is 0 Å². The standard InChI is InChI=1S/C17H23N3O3S/c1-12-18-13(10-24-12)15(21)20-8-4-14-17(11-20,5-9-23-14)16(22)19-6-2-3-7-19/h10,14H,2-9,11H2,1H3/t14-,17-/m1/s1. The van der Waals surface area contributed by atoms with E-state index in [9.17, 15) is 9.59 Å². The number of aryl methyl sites for hydroxylation is 1. The van der Waals surface area contributed by atoms with Crippen molar-refractivity contribution in [1.82, 2.24) is 14.8 Å². The molecule has 0 bridgehead atoms. The molecule has 0 saturated carbocycles. The van der Waals surface area contributed by atoms with E-state index in [-0.39, 0.29) is 17.9 Å². The molecule has 7 heteroatoms. The molecule has 3 aliphatic rings. The lowest BCUT2D eigenvalue weighted by Crippen LogP contribution is -2.58. The van der Waals surface area contributed by atoms with Gasteiger partial charge in [-0.25, -0.2) is 4.98 Å². The van der Waals surface area contributed by atoms with E-state index in [1.54, 1.807) is 0 Å². The highest BCUT2D eigenvalue weighted by Gasteiger charge is 2.55. The van der Waals surface area contributed by atoms with Crippen LogP contribution in [0.2, 0.25) is 0 Å². The Bertz CT molecular complexity index is 655. The summed E-state index contributed by atoms with van der Waals surface area (Å²) >= 11 is 1.48. The Hall–Kier alpha value is -1.47. The van der Waals surface area contributed by atoms with Gasteiger partial charge in [-0.05, 0) is 32.6 Å². The minimum absolute atomic E-state index is 0.0492. The van der Waals surface area contributed by atoms with Crippen LogP contribution in [-0.4, -0.2) is 65.5 Å². The van der Waals surface area contributed by atoms with Crippen molar-refractivity contribution in [3.05, 3.63) is 16.1 Å². The van der Waals surface area contributed by atoms with Crippen molar-refractivity contribution in [2.75, 3.05) is 32.8 Å². The van der Waals surface area contributed by atoms with E-state index in [0.29, 0.717) is 31.8 Å². The number of piperidine rings is 1. The molecule has 0 aliphatic carbocycles. The molecule has 1 aromatic heterocycles. The maximum absolute atomic E-state index is 13.2. The molecule has 24 heavy (non-hydrogen) atoms. The SMILES string of the molecule is Cc1nc(C(=O)N2CC[C@H]3OCC[C@@]3(C(=O)N3CCCC3)C2)cs1. The Kier molecular flexibility index (Phi) is 4.08. The van der Waals surface area contributed by atoms with E-state index in [1.807, 2.05) is 22.1 Å². The molecule has 3 aliphatic heterocycles. The highest BCUT2D eigenvalue weighted by molar-refractivity contribution is 7.09. The number of ether oxygens (including phenoxy) is 1. The van der Waals surface area contributed by atoms with Crippen LogP contribution in [-0.2, 0) is 9.53 Å². The van der Waals surface area contributed by atoms with Gasteiger partial charge in [0.1, 0.15) is 5.69 Å². The Morgan fingerprint density at radius 2 is 2.08 bits per heavy atom. The quantitative estimate of drug-likeness (QED) is 0.815. The number of hydrogen-bond acceptors (Lipinski definition) is 5. The van der Waals surface area contributed by atoms with Crippen LogP contribution in [0.5, 0.6) is 0 Å². The molecule has 0 N–H and O–H groups in total. The predicted octanol–water partition coefficient (Wildman–Crippen LogP) is 1.70. The summed E-state index contributed by atoms with van der Waals surface area (Å²) in [6.07, 6.45) is 3.55. The molecular weight excluding hydrogens is 326 g/mol. The van der Waals surface area contributed by atoms with Crippen molar-refractivity contribution >= 4 is 23.2 Å². The van der Waals surface area contributed by atoms with E-state index < -0.39 is 5.41 Å². The first-order valence-corrected chi connectivity index (χ1v) is 9.60. The van der Waals surface area contributed by atoms with Crippen molar-refractivity contribution in [2.45, 2.75) is 38.7 Å². The number of thiazole rings is 1. The van der Waals surface area contributed by atoms with E-state index in [1.165, 1.54) is 11.3 Å². The number of rotatable bonds is 2. The maximum atomic E-state index is 13.2. The van der Waals surface area contributed by atoms with Crippen molar-refractivity contribution in [3.63, 3.8) is 0 Å². The monoisotopic (exact) mass is 349 g/mol. The van der Waals surface area contributed by atoms with Gasteiger partial charge in [0, 0.05) is 38.2 Å². The van der Waals surface area contributed by atoms with Crippen LogP contribution in [0.4, 0.5) is 0 Å². The van der Waals surface area contributed by atoms with Gasteiger partial charge in [0.2, 0.25) is 5.91 Å². The zero-order chi connectivity index (χ0) is 16.7. The van der Waals surface area contributed by atoms with Crippen LogP contribution in [0, 0.1) is 12.3 Å². The summed E-state index contributed by atoms with van der Waals surface area (Å²) in [4.78, 5) is 34.1. The number of aromatic nitrogens is 1. The Morgan fingerprint density at radius 1 is 1.29 bits per heavy atom. The Morgan fingerprint density at radius 3 is 2.79 bits per heavy atom. The number of fused-ring (bicyclic) bond motifs is 1. The number of likely N-dealkylation sites (tertiary alicyclic amines) is 2. The minimum Gasteiger partial charge on any atom is -0.377 e. The fourth-order valence-electron chi connectivity index (χ4n) is 4.28. The first kappa shape index (κ1) is 16.0. The second-order valence-corrected chi connectivity index (χ2v) is 8.09. The number of nitrogens with zero attached hydrogens (tertiary/aromatic N) is 3. The predicted molar refractivity (Wildman–Crippen MR) is 90.0 cm³/mol. The van der Waals surface area contributed by atoms with E-state index >= 15 is 0 Å². The van der Waals surface area contributed by atoms with Crippen molar-refractivity contribution in [2.24, 2.45) is 5.41 Å². The molecule has 6 nitrogen and oxygen atoms in total. The van der Waals surface area contributed by atoms with Gasteiger partial charge < -0.3 is 14.5 Å². The van der Waals surface area contributed by atoms with E-state index in [2.05, 4.69) is 4.98 Å². The van der Waals surface area contributed by atoms with E-state index in [0.717, 1.165) is 37.4 Å². The summed E-state index contributed by atoms with van der Waals surface area (Å²) in [5, 5.41) is 2.70. The molecule has 0 aromatic carbocycles. The third-order valence-electron chi connectivity index (χ3n) is 5.56. The van der Waals surface area contributed by atoms with Gasteiger partial charge >= 0.3 is 0 Å². The minimum atomic E-state index is -0.552. The third-order valence-corrected chi connectivity index (χ3v) is 6.34. The molecule has 0 unspecified atom stereocenters. The normalized spacial score (nSPS) is 29.8. The van der Waals surface area contributed by atoms with Crippen molar-refractivity contribution in [3.8, 4) is 0 Å². The summed E-state index contributed by atoms with van der Waals surface area (Å²) < 4.78 is 5.88. The van der Waals surface area contributed by atoms with Gasteiger partial charge in [-0.1, -0.05) is 0 Å². The summed E-state index contributed by atoms with van der Waals surface area (Å²) in [7, 11) is 0. The van der Waals surface area contributed by atoms with Crippen LogP contribution < -0.4 is 0 Å². The van der Waals surface area contributed by atoms with Crippen molar-refractivity contribution in [1.29, 1.82) is 0 Å². The van der Waals surface area contributed by atoms with Crippen LogP contribution in [0.25, 0.3) is 0 Å². The largest absolute Gasteiger partial charge is 0.377 e. The van der Waals surface area contributed by atoms with E-state index in [4.69, 9.17) is 4.74 Å². The Balaban J connectivity index is 1.57. The topological polar surface area (TPSA) is 62.7 Å². The molecule has 4 heterocycles. The zero-order valence-electron chi connectivity index (χ0n) is 14.0. The van der Waals surface area contributed by atoms with Gasteiger partial charge in [0.15, 0.2) is 0 Å². The first-order valence-electron chi connectivity index (χ1n) is 8.72. The van der Waals surface area contributed by atoms with Gasteiger partial charge in [-0.3, -0.25) is 9.59 Å². The molecule has 2 amide bonds. The van der Waals surface area contributed by atoms with Gasteiger partial charge in [-0.15, -0.1) is 11.3 Å². The van der Waals surface area contributed by atoms with Gasteiger partial charge in [0.25, 0.3) is 5.91 Å². The Labute approximate surface area is 145 Å². The molecule has 130 valence electrons. The summed E-state index contributed by atoms with van der Waals surface area (Å²) in [5.41, 5.74) is -0.0535. The molecule has 3 saturated heterocycles. The first-order chi connectivity index (χ1) is 11.6.